The predicted molar refractivity (Wildman–Crippen MR) is 81.1 cm³/mol. The molecule has 1 heterocycles. The van der Waals surface area contributed by atoms with Crippen LogP contribution in [0.5, 0.6) is 0 Å². The fourth-order valence-electron chi connectivity index (χ4n) is 2.04. The Hall–Kier alpha value is -2.27. The third kappa shape index (κ3) is 3.44. The summed E-state index contributed by atoms with van der Waals surface area (Å²) in [7, 11) is 0. The van der Waals surface area contributed by atoms with Gasteiger partial charge < -0.3 is 15.0 Å². The molecule has 0 atom stereocenters. The zero-order valence-electron chi connectivity index (χ0n) is 11.5. The molecule has 2 N–H and O–H groups in total. The van der Waals surface area contributed by atoms with Gasteiger partial charge >= 0.3 is 5.97 Å². The van der Waals surface area contributed by atoms with Crippen LogP contribution < -0.4 is 5.32 Å². The van der Waals surface area contributed by atoms with Gasteiger partial charge in [0.2, 0.25) is 0 Å². The molecule has 2 rings (SSSR count). The molecule has 0 spiro atoms. The fourth-order valence-corrected chi connectivity index (χ4v) is 2.22. The fraction of sp³-hybridized carbons (Fsp3) is 0.200. The van der Waals surface area contributed by atoms with Crippen molar-refractivity contribution in [2.45, 2.75) is 19.9 Å². The smallest absolute Gasteiger partial charge is 0.337 e. The number of rotatable bonds is 5. The van der Waals surface area contributed by atoms with Crippen molar-refractivity contribution in [3.63, 3.8) is 0 Å². The van der Waals surface area contributed by atoms with Gasteiger partial charge in [0, 0.05) is 17.8 Å². The highest BCUT2D eigenvalue weighted by molar-refractivity contribution is 6.31. The molecule has 1 aromatic carbocycles. The maximum atomic E-state index is 12.3. The van der Waals surface area contributed by atoms with Gasteiger partial charge in [-0.1, -0.05) is 18.5 Å². The maximum Gasteiger partial charge on any atom is 0.337 e. The van der Waals surface area contributed by atoms with Crippen molar-refractivity contribution in [2.75, 3.05) is 5.32 Å². The molecule has 1 amide bonds. The number of aromatic nitrogens is 1. The summed E-state index contributed by atoms with van der Waals surface area (Å²) in [6.07, 6.45) is 2.72. The number of carboxylic acid groups (broad SMARTS) is 1. The van der Waals surface area contributed by atoms with E-state index in [0.717, 1.165) is 13.0 Å². The maximum absolute atomic E-state index is 12.3. The number of aryl methyl sites for hydroxylation is 1. The molecule has 0 unspecified atom stereocenters. The highest BCUT2D eigenvalue weighted by atomic mass is 35.5. The second-order valence-electron chi connectivity index (χ2n) is 4.54. The van der Waals surface area contributed by atoms with Crippen LogP contribution in [0.1, 0.15) is 34.2 Å². The van der Waals surface area contributed by atoms with E-state index < -0.39 is 5.97 Å². The lowest BCUT2D eigenvalue weighted by molar-refractivity contribution is 0.0698. The van der Waals surface area contributed by atoms with Crippen molar-refractivity contribution in [3.8, 4) is 0 Å². The first kappa shape index (κ1) is 15.1. The SMILES string of the molecule is CCCn1cccc1C(=O)Nc1ccc(Cl)cc1C(=O)O. The second kappa shape index (κ2) is 6.45. The predicted octanol–water partition coefficient (Wildman–Crippen LogP) is 3.50. The van der Waals surface area contributed by atoms with E-state index in [4.69, 9.17) is 16.7 Å². The minimum absolute atomic E-state index is 0.0375. The van der Waals surface area contributed by atoms with Crippen molar-refractivity contribution < 1.29 is 14.7 Å². The average molecular weight is 307 g/mol. The summed E-state index contributed by atoms with van der Waals surface area (Å²) in [6.45, 7) is 2.74. The number of hydrogen-bond acceptors (Lipinski definition) is 2. The van der Waals surface area contributed by atoms with E-state index in [1.165, 1.54) is 18.2 Å². The highest BCUT2D eigenvalue weighted by Crippen LogP contribution is 2.21. The Morgan fingerprint density at radius 1 is 1.33 bits per heavy atom. The third-order valence-corrected chi connectivity index (χ3v) is 3.22. The summed E-state index contributed by atoms with van der Waals surface area (Å²) in [4.78, 5) is 23.5. The van der Waals surface area contributed by atoms with E-state index in [0.29, 0.717) is 10.7 Å². The quantitative estimate of drug-likeness (QED) is 0.888. The number of amides is 1. The van der Waals surface area contributed by atoms with E-state index in [-0.39, 0.29) is 17.2 Å². The zero-order valence-corrected chi connectivity index (χ0v) is 12.2. The number of hydrogen-bond donors (Lipinski definition) is 2. The Bertz CT molecular complexity index is 679. The molecule has 0 aliphatic rings. The number of nitrogens with zero attached hydrogens (tertiary/aromatic N) is 1. The van der Waals surface area contributed by atoms with Crippen LogP contribution >= 0.6 is 11.6 Å². The van der Waals surface area contributed by atoms with Crippen LogP contribution in [0.3, 0.4) is 0 Å². The van der Waals surface area contributed by atoms with Crippen LogP contribution in [0.2, 0.25) is 5.02 Å². The minimum Gasteiger partial charge on any atom is -0.478 e. The lowest BCUT2D eigenvalue weighted by atomic mass is 10.1. The molecular weight excluding hydrogens is 292 g/mol. The molecule has 21 heavy (non-hydrogen) atoms. The number of aromatic carboxylic acids is 1. The summed E-state index contributed by atoms with van der Waals surface area (Å²) < 4.78 is 1.83. The van der Waals surface area contributed by atoms with Crippen molar-refractivity contribution in [3.05, 3.63) is 52.8 Å². The first-order chi connectivity index (χ1) is 10.0. The highest BCUT2D eigenvalue weighted by Gasteiger charge is 2.16. The third-order valence-electron chi connectivity index (χ3n) is 2.99. The van der Waals surface area contributed by atoms with Gasteiger partial charge in [-0.05, 0) is 36.8 Å². The molecule has 0 saturated heterocycles. The zero-order chi connectivity index (χ0) is 15.4. The molecule has 0 aliphatic carbocycles. The van der Waals surface area contributed by atoms with Crippen molar-refractivity contribution in [1.29, 1.82) is 0 Å². The van der Waals surface area contributed by atoms with Gasteiger partial charge in [0.1, 0.15) is 5.69 Å². The van der Waals surface area contributed by atoms with Crippen LogP contribution in [0, 0.1) is 0 Å². The normalized spacial score (nSPS) is 10.4. The Morgan fingerprint density at radius 3 is 2.76 bits per heavy atom. The number of carbonyl (C=O) groups excluding carboxylic acids is 1. The molecule has 0 fully saturated rings. The molecule has 0 saturated carbocycles. The van der Waals surface area contributed by atoms with Crippen molar-refractivity contribution in [2.24, 2.45) is 0 Å². The summed E-state index contributed by atoms with van der Waals surface area (Å²) in [5.74, 6) is -1.49. The van der Waals surface area contributed by atoms with E-state index >= 15 is 0 Å². The van der Waals surface area contributed by atoms with Crippen LogP contribution in [-0.4, -0.2) is 21.6 Å². The Balaban J connectivity index is 2.27. The summed E-state index contributed by atoms with van der Waals surface area (Å²) in [5.41, 5.74) is 0.675. The standard InChI is InChI=1S/C15H15ClN2O3/c1-2-7-18-8-3-4-13(18)14(19)17-12-6-5-10(16)9-11(12)15(20)21/h3-6,8-9H,2,7H2,1H3,(H,17,19)(H,20,21). The molecule has 1 aromatic heterocycles. The summed E-state index contributed by atoms with van der Waals surface area (Å²) >= 11 is 5.78. The number of carbonyl (C=O) groups is 2. The number of halogens is 1. The topological polar surface area (TPSA) is 71.3 Å². The van der Waals surface area contributed by atoms with Gasteiger partial charge in [-0.3, -0.25) is 4.79 Å². The number of anilines is 1. The van der Waals surface area contributed by atoms with E-state index in [1.54, 1.807) is 12.1 Å². The van der Waals surface area contributed by atoms with Gasteiger partial charge in [-0.25, -0.2) is 4.79 Å². The first-order valence-electron chi connectivity index (χ1n) is 6.52. The lowest BCUT2D eigenvalue weighted by Gasteiger charge is -2.11. The molecule has 0 bridgehead atoms. The van der Waals surface area contributed by atoms with Gasteiger partial charge in [0.05, 0.1) is 11.3 Å². The molecule has 110 valence electrons. The molecule has 6 heteroatoms. The average Bonchev–Trinajstić information content (AvgIpc) is 2.89. The van der Waals surface area contributed by atoms with Crippen LogP contribution in [0.25, 0.3) is 0 Å². The van der Waals surface area contributed by atoms with Crippen LogP contribution in [-0.2, 0) is 6.54 Å². The molecule has 2 aromatic rings. The van der Waals surface area contributed by atoms with Gasteiger partial charge in [-0.15, -0.1) is 0 Å². The number of nitrogens with one attached hydrogen (secondary N) is 1. The van der Waals surface area contributed by atoms with Crippen LogP contribution in [0.4, 0.5) is 5.69 Å². The van der Waals surface area contributed by atoms with Crippen molar-refractivity contribution in [1.82, 2.24) is 4.57 Å². The Labute approximate surface area is 127 Å². The van der Waals surface area contributed by atoms with E-state index in [9.17, 15) is 9.59 Å². The van der Waals surface area contributed by atoms with E-state index in [2.05, 4.69) is 5.32 Å². The van der Waals surface area contributed by atoms with Crippen LogP contribution in [0.15, 0.2) is 36.5 Å². The lowest BCUT2D eigenvalue weighted by Crippen LogP contribution is -2.18. The van der Waals surface area contributed by atoms with Gasteiger partial charge in [0.25, 0.3) is 5.91 Å². The number of carboxylic acids is 1. The summed E-state index contributed by atoms with van der Waals surface area (Å²) in [5, 5.41) is 12.1. The van der Waals surface area contributed by atoms with Gasteiger partial charge in [0.15, 0.2) is 0 Å². The van der Waals surface area contributed by atoms with E-state index in [1.807, 2.05) is 17.7 Å². The van der Waals surface area contributed by atoms with Gasteiger partial charge in [-0.2, -0.15) is 0 Å². The first-order valence-corrected chi connectivity index (χ1v) is 6.90. The number of benzene rings is 1. The molecule has 5 nitrogen and oxygen atoms in total. The molecule has 0 radical (unpaired) electrons. The largest absolute Gasteiger partial charge is 0.478 e. The molecule has 0 aliphatic heterocycles. The second-order valence-corrected chi connectivity index (χ2v) is 4.97. The summed E-state index contributed by atoms with van der Waals surface area (Å²) in [6, 6.07) is 7.81. The minimum atomic E-state index is -1.14. The monoisotopic (exact) mass is 306 g/mol. The van der Waals surface area contributed by atoms with Crippen molar-refractivity contribution >= 4 is 29.2 Å². The Kier molecular flexibility index (Phi) is 4.65. The Morgan fingerprint density at radius 2 is 2.10 bits per heavy atom. The molecular formula is C15H15ClN2O3.